The van der Waals surface area contributed by atoms with Crippen LogP contribution in [0.5, 0.6) is 0 Å². The molecule has 0 aliphatic rings. The van der Waals surface area contributed by atoms with Crippen molar-refractivity contribution in [3.05, 3.63) is 60.1 Å². The van der Waals surface area contributed by atoms with Gasteiger partial charge in [0.25, 0.3) is 0 Å². The highest BCUT2D eigenvalue weighted by atomic mass is 16.5. The van der Waals surface area contributed by atoms with Gasteiger partial charge in [-0.3, -0.25) is 9.59 Å². The molecule has 0 spiro atoms. The van der Waals surface area contributed by atoms with Gasteiger partial charge in [0.05, 0.1) is 25.8 Å². The van der Waals surface area contributed by atoms with E-state index in [-0.39, 0.29) is 18.3 Å². The van der Waals surface area contributed by atoms with Crippen LogP contribution >= 0.6 is 0 Å². The van der Waals surface area contributed by atoms with E-state index in [0.29, 0.717) is 12.8 Å². The van der Waals surface area contributed by atoms with Gasteiger partial charge in [-0.1, -0.05) is 30.3 Å². The number of methoxy groups -OCH3 is 1. The highest BCUT2D eigenvalue weighted by molar-refractivity contribution is 5.78. The SMILES string of the molecule is COC(=O)CC(NC(=O)CCc1ccco1)c1ccccc1. The van der Waals surface area contributed by atoms with Gasteiger partial charge in [0.1, 0.15) is 5.76 Å². The Morgan fingerprint density at radius 3 is 2.59 bits per heavy atom. The molecule has 1 amide bonds. The highest BCUT2D eigenvalue weighted by Crippen LogP contribution is 2.17. The van der Waals surface area contributed by atoms with Crippen LogP contribution in [0, 0.1) is 0 Å². The zero-order valence-corrected chi connectivity index (χ0v) is 12.5. The number of esters is 1. The van der Waals surface area contributed by atoms with Crippen LogP contribution in [0.25, 0.3) is 0 Å². The summed E-state index contributed by atoms with van der Waals surface area (Å²) in [4.78, 5) is 23.6. The molecule has 22 heavy (non-hydrogen) atoms. The average Bonchev–Trinajstić information content (AvgIpc) is 3.06. The molecule has 1 heterocycles. The summed E-state index contributed by atoms with van der Waals surface area (Å²) in [5, 5.41) is 2.88. The number of ether oxygens (including phenoxy) is 1. The number of carbonyl (C=O) groups excluding carboxylic acids is 2. The molecule has 1 aromatic heterocycles. The molecule has 1 aromatic carbocycles. The summed E-state index contributed by atoms with van der Waals surface area (Å²) in [7, 11) is 1.34. The van der Waals surface area contributed by atoms with Gasteiger partial charge in [-0.05, 0) is 17.7 Å². The highest BCUT2D eigenvalue weighted by Gasteiger charge is 2.18. The lowest BCUT2D eigenvalue weighted by atomic mass is 10.0. The fourth-order valence-corrected chi connectivity index (χ4v) is 2.15. The van der Waals surface area contributed by atoms with E-state index >= 15 is 0 Å². The molecule has 116 valence electrons. The Morgan fingerprint density at radius 2 is 1.95 bits per heavy atom. The molecule has 0 fully saturated rings. The van der Waals surface area contributed by atoms with Crippen LogP contribution < -0.4 is 5.32 Å². The second kappa shape index (κ2) is 8.02. The molecule has 5 nitrogen and oxygen atoms in total. The fourth-order valence-electron chi connectivity index (χ4n) is 2.15. The Kier molecular flexibility index (Phi) is 5.77. The normalized spacial score (nSPS) is 11.7. The van der Waals surface area contributed by atoms with Gasteiger partial charge in [0, 0.05) is 12.8 Å². The van der Waals surface area contributed by atoms with E-state index < -0.39 is 6.04 Å². The minimum Gasteiger partial charge on any atom is -0.469 e. The first-order chi connectivity index (χ1) is 10.7. The topological polar surface area (TPSA) is 68.5 Å². The zero-order valence-electron chi connectivity index (χ0n) is 12.5. The molecule has 0 saturated heterocycles. The van der Waals surface area contributed by atoms with E-state index in [1.165, 1.54) is 7.11 Å². The van der Waals surface area contributed by atoms with E-state index in [2.05, 4.69) is 5.32 Å². The molecule has 1 atom stereocenters. The first-order valence-corrected chi connectivity index (χ1v) is 7.12. The quantitative estimate of drug-likeness (QED) is 0.798. The summed E-state index contributed by atoms with van der Waals surface area (Å²) in [6, 6.07) is 12.6. The Balaban J connectivity index is 1.96. The van der Waals surface area contributed by atoms with E-state index in [0.717, 1.165) is 11.3 Å². The second-order valence-electron chi connectivity index (χ2n) is 4.89. The molecule has 1 N–H and O–H groups in total. The average molecular weight is 301 g/mol. The van der Waals surface area contributed by atoms with E-state index in [4.69, 9.17) is 9.15 Å². The number of nitrogens with one attached hydrogen (secondary N) is 1. The number of benzene rings is 1. The Morgan fingerprint density at radius 1 is 1.18 bits per heavy atom. The van der Waals surface area contributed by atoms with Gasteiger partial charge >= 0.3 is 5.97 Å². The van der Waals surface area contributed by atoms with Crippen LogP contribution in [0.1, 0.15) is 30.2 Å². The molecule has 0 radical (unpaired) electrons. The van der Waals surface area contributed by atoms with Gasteiger partial charge in [0.15, 0.2) is 0 Å². The molecular weight excluding hydrogens is 282 g/mol. The lowest BCUT2D eigenvalue weighted by Gasteiger charge is -2.18. The van der Waals surface area contributed by atoms with Crippen LogP contribution in [0.2, 0.25) is 0 Å². The van der Waals surface area contributed by atoms with Crippen LogP contribution in [-0.4, -0.2) is 19.0 Å². The molecule has 0 bridgehead atoms. The Labute approximate surface area is 129 Å². The van der Waals surface area contributed by atoms with Crippen molar-refractivity contribution in [1.82, 2.24) is 5.32 Å². The molecular formula is C17H19NO4. The van der Waals surface area contributed by atoms with Gasteiger partial charge in [-0.15, -0.1) is 0 Å². The summed E-state index contributed by atoms with van der Waals surface area (Å²) in [6.07, 6.45) is 2.51. The van der Waals surface area contributed by atoms with Crippen molar-refractivity contribution in [3.63, 3.8) is 0 Å². The van der Waals surface area contributed by atoms with E-state index in [1.54, 1.807) is 12.3 Å². The number of hydrogen-bond donors (Lipinski definition) is 1. The molecule has 2 rings (SSSR count). The van der Waals surface area contributed by atoms with Crippen molar-refractivity contribution in [3.8, 4) is 0 Å². The van der Waals surface area contributed by atoms with Gasteiger partial charge in [-0.2, -0.15) is 0 Å². The van der Waals surface area contributed by atoms with Crippen LogP contribution in [0.4, 0.5) is 0 Å². The smallest absolute Gasteiger partial charge is 0.307 e. The van der Waals surface area contributed by atoms with Gasteiger partial charge < -0.3 is 14.5 Å². The van der Waals surface area contributed by atoms with Crippen molar-refractivity contribution in [2.75, 3.05) is 7.11 Å². The minimum absolute atomic E-state index is 0.104. The van der Waals surface area contributed by atoms with Gasteiger partial charge in [0.2, 0.25) is 5.91 Å². The van der Waals surface area contributed by atoms with Crippen molar-refractivity contribution in [2.45, 2.75) is 25.3 Å². The van der Waals surface area contributed by atoms with E-state index in [9.17, 15) is 9.59 Å². The molecule has 5 heteroatoms. The third-order valence-corrected chi connectivity index (χ3v) is 3.31. The summed E-state index contributed by atoms with van der Waals surface area (Å²) >= 11 is 0. The monoisotopic (exact) mass is 301 g/mol. The Bertz CT molecular complexity index is 592. The largest absolute Gasteiger partial charge is 0.469 e. The Hall–Kier alpha value is -2.56. The first kappa shape index (κ1) is 15.8. The predicted molar refractivity (Wildman–Crippen MR) is 81.0 cm³/mol. The van der Waals surface area contributed by atoms with Crippen molar-refractivity contribution < 1.29 is 18.7 Å². The van der Waals surface area contributed by atoms with Crippen LogP contribution in [0.3, 0.4) is 0 Å². The van der Waals surface area contributed by atoms with Gasteiger partial charge in [-0.25, -0.2) is 0 Å². The number of amides is 1. The number of furan rings is 1. The first-order valence-electron chi connectivity index (χ1n) is 7.12. The summed E-state index contributed by atoms with van der Waals surface area (Å²) < 4.78 is 9.90. The molecule has 0 saturated carbocycles. The molecule has 1 unspecified atom stereocenters. The second-order valence-corrected chi connectivity index (χ2v) is 4.89. The fraction of sp³-hybridized carbons (Fsp3) is 0.294. The van der Waals surface area contributed by atoms with Crippen LogP contribution in [0.15, 0.2) is 53.1 Å². The summed E-state index contributed by atoms with van der Waals surface area (Å²) in [6.45, 7) is 0. The lowest BCUT2D eigenvalue weighted by Crippen LogP contribution is -2.30. The summed E-state index contributed by atoms with van der Waals surface area (Å²) in [5.41, 5.74) is 0.874. The lowest BCUT2D eigenvalue weighted by molar-refractivity contribution is -0.141. The number of hydrogen-bond acceptors (Lipinski definition) is 4. The minimum atomic E-state index is -0.391. The van der Waals surface area contributed by atoms with Crippen molar-refractivity contribution in [1.29, 1.82) is 0 Å². The van der Waals surface area contributed by atoms with Crippen molar-refractivity contribution in [2.24, 2.45) is 0 Å². The summed E-state index contributed by atoms with van der Waals surface area (Å²) in [5.74, 6) is 0.272. The molecule has 0 aliphatic carbocycles. The van der Waals surface area contributed by atoms with Crippen molar-refractivity contribution >= 4 is 11.9 Å². The van der Waals surface area contributed by atoms with Crippen LogP contribution in [-0.2, 0) is 20.7 Å². The maximum atomic E-state index is 12.1. The number of rotatable bonds is 7. The zero-order chi connectivity index (χ0) is 15.8. The number of carbonyl (C=O) groups is 2. The molecule has 2 aromatic rings. The molecule has 0 aliphatic heterocycles. The maximum absolute atomic E-state index is 12.1. The maximum Gasteiger partial charge on any atom is 0.307 e. The third kappa shape index (κ3) is 4.77. The van der Waals surface area contributed by atoms with E-state index in [1.807, 2.05) is 36.4 Å². The predicted octanol–water partition coefficient (Wildman–Crippen LogP) is 2.63. The third-order valence-electron chi connectivity index (χ3n) is 3.31. The standard InChI is InChI=1S/C17H19NO4/c1-21-17(20)12-15(13-6-3-2-4-7-13)18-16(19)10-9-14-8-5-11-22-14/h2-8,11,15H,9-10,12H2,1H3,(H,18,19). The number of aryl methyl sites for hydroxylation is 1.